The second kappa shape index (κ2) is 4.73. The first-order valence-electron chi connectivity index (χ1n) is 4.96. The van der Waals surface area contributed by atoms with Crippen LogP contribution in [-0.4, -0.2) is 38.2 Å². The van der Waals surface area contributed by atoms with E-state index in [4.69, 9.17) is 5.11 Å². The van der Waals surface area contributed by atoms with Gasteiger partial charge in [-0.05, 0) is 24.6 Å². The second-order valence-electron chi connectivity index (χ2n) is 3.64. The van der Waals surface area contributed by atoms with Crippen LogP contribution in [0.5, 0.6) is 0 Å². The molecule has 2 aromatic rings. The van der Waals surface area contributed by atoms with Crippen LogP contribution >= 0.6 is 11.7 Å². The lowest BCUT2D eigenvalue weighted by Gasteiger charge is -2.12. The summed E-state index contributed by atoms with van der Waals surface area (Å²) in [4.78, 5) is 0. The van der Waals surface area contributed by atoms with Crippen LogP contribution in [0.3, 0.4) is 0 Å². The van der Waals surface area contributed by atoms with E-state index < -0.39 is 6.10 Å². The maximum atomic E-state index is 9.24. The van der Waals surface area contributed by atoms with Gasteiger partial charge in [-0.15, -0.1) is 0 Å². The molecule has 0 aliphatic heterocycles. The van der Waals surface area contributed by atoms with Crippen LogP contribution in [0.25, 0.3) is 11.0 Å². The van der Waals surface area contributed by atoms with Gasteiger partial charge in [-0.3, -0.25) is 0 Å². The summed E-state index contributed by atoms with van der Waals surface area (Å²) in [5, 5.41) is 21.0. The van der Waals surface area contributed by atoms with Crippen molar-refractivity contribution in [2.24, 2.45) is 0 Å². The molecule has 1 unspecified atom stereocenters. The lowest BCUT2D eigenvalue weighted by atomic mass is 10.1. The maximum absolute atomic E-state index is 9.24. The molecule has 1 atom stereocenters. The molecule has 1 aromatic carbocycles. The summed E-state index contributed by atoms with van der Waals surface area (Å²) in [5.74, 6) is 0. The number of aryl methyl sites for hydroxylation is 1. The van der Waals surface area contributed by atoms with Gasteiger partial charge in [0.05, 0.1) is 24.4 Å². The Bertz CT molecular complexity index is 486. The van der Waals surface area contributed by atoms with Crippen LogP contribution in [0.4, 0.5) is 5.69 Å². The number of aliphatic hydroxyl groups is 2. The smallest absolute Gasteiger partial charge is 0.106 e. The minimum atomic E-state index is -0.747. The Morgan fingerprint density at radius 1 is 1.38 bits per heavy atom. The molecule has 0 aliphatic carbocycles. The average molecular weight is 239 g/mol. The first-order valence-corrected chi connectivity index (χ1v) is 5.69. The highest BCUT2D eigenvalue weighted by Gasteiger charge is 2.06. The van der Waals surface area contributed by atoms with Gasteiger partial charge in [-0.25, -0.2) is 0 Å². The van der Waals surface area contributed by atoms with Crippen molar-refractivity contribution in [2.75, 3.05) is 18.5 Å². The third kappa shape index (κ3) is 2.29. The number of anilines is 1. The summed E-state index contributed by atoms with van der Waals surface area (Å²) in [6, 6.07) is 3.85. The molecule has 5 nitrogen and oxygen atoms in total. The third-order valence-electron chi connectivity index (χ3n) is 2.34. The molecular weight excluding hydrogens is 226 g/mol. The van der Waals surface area contributed by atoms with E-state index in [1.54, 1.807) is 0 Å². The zero-order valence-corrected chi connectivity index (χ0v) is 9.66. The van der Waals surface area contributed by atoms with Crippen molar-refractivity contribution in [1.29, 1.82) is 0 Å². The SMILES string of the molecule is Cc1cc2nsnc2cc1NCC(O)CO. The Morgan fingerprint density at radius 2 is 2.06 bits per heavy atom. The Morgan fingerprint density at radius 3 is 2.75 bits per heavy atom. The first kappa shape index (κ1) is 11.3. The van der Waals surface area contributed by atoms with Gasteiger partial charge in [0, 0.05) is 12.2 Å². The highest BCUT2D eigenvalue weighted by Crippen LogP contribution is 2.21. The van der Waals surface area contributed by atoms with E-state index >= 15 is 0 Å². The quantitative estimate of drug-likeness (QED) is 0.734. The predicted octanol–water partition coefficient (Wildman–Crippen LogP) is 0.765. The van der Waals surface area contributed by atoms with Gasteiger partial charge >= 0.3 is 0 Å². The molecule has 16 heavy (non-hydrogen) atoms. The monoisotopic (exact) mass is 239 g/mol. The highest BCUT2D eigenvalue weighted by molar-refractivity contribution is 7.00. The van der Waals surface area contributed by atoms with E-state index in [0.717, 1.165) is 22.3 Å². The largest absolute Gasteiger partial charge is 0.394 e. The van der Waals surface area contributed by atoms with Gasteiger partial charge in [0.25, 0.3) is 0 Å². The number of fused-ring (bicyclic) bond motifs is 1. The van der Waals surface area contributed by atoms with Crippen LogP contribution < -0.4 is 5.32 Å². The topological polar surface area (TPSA) is 78.3 Å². The third-order valence-corrected chi connectivity index (χ3v) is 2.90. The van der Waals surface area contributed by atoms with Crippen molar-refractivity contribution in [1.82, 2.24) is 8.75 Å². The van der Waals surface area contributed by atoms with Crippen LogP contribution in [0.15, 0.2) is 12.1 Å². The van der Waals surface area contributed by atoms with Crippen LogP contribution in [0, 0.1) is 6.92 Å². The van der Waals surface area contributed by atoms with E-state index in [0.29, 0.717) is 6.54 Å². The first-order chi connectivity index (χ1) is 7.70. The zero-order chi connectivity index (χ0) is 11.5. The van der Waals surface area contributed by atoms with E-state index in [1.807, 2.05) is 19.1 Å². The summed E-state index contributed by atoms with van der Waals surface area (Å²) in [6.45, 7) is 2.04. The molecule has 2 rings (SSSR count). The van der Waals surface area contributed by atoms with Gasteiger partial charge < -0.3 is 15.5 Å². The molecule has 1 heterocycles. The lowest BCUT2D eigenvalue weighted by Crippen LogP contribution is -2.23. The predicted molar refractivity (Wildman–Crippen MR) is 63.7 cm³/mol. The molecule has 0 aliphatic rings. The number of nitrogens with zero attached hydrogens (tertiary/aromatic N) is 2. The molecule has 0 saturated carbocycles. The Kier molecular flexibility index (Phi) is 3.33. The molecule has 86 valence electrons. The van der Waals surface area contributed by atoms with Crippen molar-refractivity contribution in [3.8, 4) is 0 Å². The summed E-state index contributed by atoms with van der Waals surface area (Å²) < 4.78 is 8.29. The fourth-order valence-electron chi connectivity index (χ4n) is 1.42. The number of aliphatic hydroxyl groups excluding tert-OH is 2. The van der Waals surface area contributed by atoms with Gasteiger partial charge in [-0.1, -0.05) is 0 Å². The van der Waals surface area contributed by atoms with Gasteiger partial charge in [0.15, 0.2) is 0 Å². The van der Waals surface area contributed by atoms with Crippen molar-refractivity contribution < 1.29 is 10.2 Å². The minimum Gasteiger partial charge on any atom is -0.394 e. The Balaban J connectivity index is 2.19. The molecular formula is C10H13N3O2S. The zero-order valence-electron chi connectivity index (χ0n) is 8.84. The molecule has 0 amide bonds. The van der Waals surface area contributed by atoms with Gasteiger partial charge in [0.2, 0.25) is 0 Å². The number of aromatic nitrogens is 2. The molecule has 0 spiro atoms. The molecule has 0 saturated heterocycles. The Hall–Kier alpha value is -1.24. The average Bonchev–Trinajstić information content (AvgIpc) is 2.72. The lowest BCUT2D eigenvalue weighted by molar-refractivity contribution is 0.105. The molecule has 0 bridgehead atoms. The molecule has 3 N–H and O–H groups in total. The molecule has 0 fully saturated rings. The number of benzene rings is 1. The number of nitrogens with one attached hydrogen (secondary N) is 1. The van der Waals surface area contributed by atoms with Crippen molar-refractivity contribution >= 4 is 28.4 Å². The van der Waals surface area contributed by atoms with Gasteiger partial charge in [-0.2, -0.15) is 8.75 Å². The van der Waals surface area contributed by atoms with Crippen molar-refractivity contribution in [2.45, 2.75) is 13.0 Å². The van der Waals surface area contributed by atoms with Crippen LogP contribution in [0.2, 0.25) is 0 Å². The normalized spacial score (nSPS) is 12.9. The van der Waals surface area contributed by atoms with E-state index in [9.17, 15) is 5.11 Å². The molecule has 6 heteroatoms. The standard InChI is InChI=1S/C10H13N3O2S/c1-6-2-9-10(13-16-12-9)3-8(6)11-4-7(15)5-14/h2-3,7,11,14-15H,4-5H2,1H3. The van der Waals surface area contributed by atoms with Crippen molar-refractivity contribution in [3.63, 3.8) is 0 Å². The van der Waals surface area contributed by atoms with E-state index in [-0.39, 0.29) is 6.61 Å². The Labute approximate surface area is 97.1 Å². The molecule has 1 aromatic heterocycles. The number of rotatable bonds is 4. The van der Waals surface area contributed by atoms with Crippen LogP contribution in [0.1, 0.15) is 5.56 Å². The highest BCUT2D eigenvalue weighted by atomic mass is 32.1. The minimum absolute atomic E-state index is 0.244. The number of hydrogen-bond acceptors (Lipinski definition) is 6. The number of hydrogen-bond donors (Lipinski definition) is 3. The second-order valence-corrected chi connectivity index (χ2v) is 4.17. The van der Waals surface area contributed by atoms with Gasteiger partial charge in [0.1, 0.15) is 11.0 Å². The maximum Gasteiger partial charge on any atom is 0.106 e. The van der Waals surface area contributed by atoms with E-state index in [1.165, 1.54) is 11.7 Å². The van der Waals surface area contributed by atoms with Crippen molar-refractivity contribution in [3.05, 3.63) is 17.7 Å². The summed E-state index contributed by atoms with van der Waals surface area (Å²) >= 11 is 1.18. The fourth-order valence-corrected chi connectivity index (χ4v) is 1.93. The summed E-state index contributed by atoms with van der Waals surface area (Å²) in [6.07, 6.45) is -0.747. The van der Waals surface area contributed by atoms with E-state index in [2.05, 4.69) is 14.1 Å². The van der Waals surface area contributed by atoms with Crippen LogP contribution in [-0.2, 0) is 0 Å². The fraction of sp³-hybridized carbons (Fsp3) is 0.400. The summed E-state index contributed by atoms with van der Waals surface area (Å²) in [5.41, 5.74) is 3.69. The summed E-state index contributed by atoms with van der Waals surface area (Å²) in [7, 11) is 0. The molecule has 0 radical (unpaired) electrons.